The Morgan fingerprint density at radius 1 is 1.13 bits per heavy atom. The summed E-state index contributed by atoms with van der Waals surface area (Å²) in [6, 6.07) is 8.10. The first kappa shape index (κ1) is 9.65. The van der Waals surface area contributed by atoms with E-state index < -0.39 is 0 Å². The predicted octanol–water partition coefficient (Wildman–Crippen LogP) is 2.46. The molecule has 0 N–H and O–H groups in total. The van der Waals surface area contributed by atoms with Crippen LogP contribution in [0.5, 0.6) is 5.75 Å². The largest absolute Gasteiger partial charge is 0.494 e. The van der Waals surface area contributed by atoms with E-state index >= 15 is 0 Å². The number of aromatic nitrogens is 2. The first-order chi connectivity index (χ1) is 7.29. The molecule has 0 aliphatic rings. The van der Waals surface area contributed by atoms with Gasteiger partial charge in [0.1, 0.15) is 0 Å². The van der Waals surface area contributed by atoms with Crippen LogP contribution >= 0.6 is 0 Å². The molecule has 0 radical (unpaired) electrons. The number of hydrogen-bond donors (Lipinski definition) is 0. The van der Waals surface area contributed by atoms with Gasteiger partial charge in [-0.1, -0.05) is 23.8 Å². The molecule has 0 saturated carbocycles. The van der Waals surface area contributed by atoms with Gasteiger partial charge >= 0.3 is 0 Å². The van der Waals surface area contributed by atoms with E-state index in [9.17, 15) is 0 Å². The third kappa shape index (κ3) is 2.13. The van der Waals surface area contributed by atoms with Gasteiger partial charge in [-0.15, -0.1) is 0 Å². The van der Waals surface area contributed by atoms with Gasteiger partial charge in [-0.25, -0.2) is 9.97 Å². The molecule has 0 fully saturated rings. The van der Waals surface area contributed by atoms with Crippen LogP contribution in [0, 0.1) is 6.92 Å². The highest BCUT2D eigenvalue weighted by molar-refractivity contribution is 5.55. The molecule has 0 spiro atoms. The van der Waals surface area contributed by atoms with Crippen LogP contribution in [0.4, 0.5) is 0 Å². The molecule has 3 nitrogen and oxygen atoms in total. The number of rotatable bonds is 2. The Morgan fingerprint density at radius 3 is 2.47 bits per heavy atom. The predicted molar refractivity (Wildman–Crippen MR) is 58.8 cm³/mol. The Bertz CT molecular complexity index is 451. The third-order valence-electron chi connectivity index (χ3n) is 2.14. The minimum absolute atomic E-state index is 0.673. The molecule has 1 aromatic heterocycles. The van der Waals surface area contributed by atoms with Crippen LogP contribution in [-0.4, -0.2) is 17.1 Å². The molecule has 3 heteroatoms. The number of ether oxygens (including phenoxy) is 1. The van der Waals surface area contributed by atoms with Crippen molar-refractivity contribution >= 4 is 0 Å². The highest BCUT2D eigenvalue weighted by atomic mass is 16.5. The molecule has 0 atom stereocenters. The molecule has 1 aromatic carbocycles. The van der Waals surface area contributed by atoms with Crippen molar-refractivity contribution < 1.29 is 4.74 Å². The van der Waals surface area contributed by atoms with E-state index in [2.05, 4.69) is 16.0 Å². The first-order valence-electron chi connectivity index (χ1n) is 4.72. The molecule has 0 aliphatic carbocycles. The topological polar surface area (TPSA) is 35.0 Å². The number of aryl methyl sites for hydroxylation is 1. The highest BCUT2D eigenvalue weighted by Crippen LogP contribution is 2.17. The lowest BCUT2D eigenvalue weighted by atomic mass is 10.1. The van der Waals surface area contributed by atoms with Crippen molar-refractivity contribution in [3.05, 3.63) is 42.2 Å². The summed E-state index contributed by atoms with van der Waals surface area (Å²) >= 11 is 0. The molecule has 2 aromatic rings. The maximum atomic E-state index is 5.00. The lowest BCUT2D eigenvalue weighted by Gasteiger charge is -2.02. The summed E-state index contributed by atoms with van der Waals surface area (Å²) in [5, 5.41) is 0. The summed E-state index contributed by atoms with van der Waals surface area (Å²) in [5.74, 6) is 1.39. The number of methoxy groups -OCH3 is 1. The standard InChI is InChI=1S/C12H12N2O/c1-9-4-3-5-10(6-9)12-13-7-11(15-2)8-14-12/h3-8H,1-2H3. The van der Waals surface area contributed by atoms with Crippen LogP contribution in [0.2, 0.25) is 0 Å². The molecule has 0 amide bonds. The molecule has 76 valence electrons. The third-order valence-corrected chi connectivity index (χ3v) is 2.14. The van der Waals surface area contributed by atoms with Crippen LogP contribution in [0.3, 0.4) is 0 Å². The number of benzene rings is 1. The van der Waals surface area contributed by atoms with Crippen LogP contribution in [0.25, 0.3) is 11.4 Å². The highest BCUT2D eigenvalue weighted by Gasteiger charge is 2.00. The Morgan fingerprint density at radius 2 is 1.87 bits per heavy atom. The Kier molecular flexibility index (Phi) is 2.63. The van der Waals surface area contributed by atoms with Crippen LogP contribution in [0.1, 0.15) is 5.56 Å². The van der Waals surface area contributed by atoms with Gasteiger partial charge in [-0.05, 0) is 13.0 Å². The quantitative estimate of drug-likeness (QED) is 0.747. The molecule has 1 heterocycles. The van der Waals surface area contributed by atoms with Gasteiger partial charge in [0.15, 0.2) is 11.6 Å². The second-order valence-corrected chi connectivity index (χ2v) is 3.32. The molecule has 15 heavy (non-hydrogen) atoms. The maximum Gasteiger partial charge on any atom is 0.159 e. The maximum absolute atomic E-state index is 5.00. The van der Waals surface area contributed by atoms with Crippen LogP contribution < -0.4 is 4.74 Å². The zero-order valence-corrected chi connectivity index (χ0v) is 8.77. The Balaban J connectivity index is 2.37. The van der Waals surface area contributed by atoms with E-state index in [4.69, 9.17) is 4.74 Å². The molecule has 2 rings (SSSR count). The fourth-order valence-corrected chi connectivity index (χ4v) is 1.35. The summed E-state index contributed by atoms with van der Waals surface area (Å²) < 4.78 is 5.00. The molecular weight excluding hydrogens is 188 g/mol. The number of hydrogen-bond acceptors (Lipinski definition) is 3. The zero-order valence-electron chi connectivity index (χ0n) is 8.77. The Hall–Kier alpha value is -1.90. The van der Waals surface area contributed by atoms with Crippen molar-refractivity contribution in [2.75, 3.05) is 7.11 Å². The summed E-state index contributed by atoms with van der Waals surface area (Å²) in [6.07, 6.45) is 3.34. The van der Waals surface area contributed by atoms with Gasteiger partial charge in [0.2, 0.25) is 0 Å². The van der Waals surface area contributed by atoms with Gasteiger partial charge in [0.25, 0.3) is 0 Å². The lowest BCUT2D eigenvalue weighted by Crippen LogP contribution is -1.91. The fourth-order valence-electron chi connectivity index (χ4n) is 1.35. The Labute approximate surface area is 88.8 Å². The average molecular weight is 200 g/mol. The van der Waals surface area contributed by atoms with Gasteiger partial charge in [-0.2, -0.15) is 0 Å². The van der Waals surface area contributed by atoms with E-state index in [1.807, 2.05) is 25.1 Å². The van der Waals surface area contributed by atoms with Gasteiger partial charge in [-0.3, -0.25) is 0 Å². The van der Waals surface area contributed by atoms with E-state index in [-0.39, 0.29) is 0 Å². The van der Waals surface area contributed by atoms with Crippen molar-refractivity contribution in [1.29, 1.82) is 0 Å². The number of nitrogens with zero attached hydrogens (tertiary/aromatic N) is 2. The van der Waals surface area contributed by atoms with Gasteiger partial charge in [0.05, 0.1) is 19.5 Å². The van der Waals surface area contributed by atoms with Crippen LogP contribution in [-0.2, 0) is 0 Å². The van der Waals surface area contributed by atoms with Crippen molar-refractivity contribution in [3.63, 3.8) is 0 Å². The SMILES string of the molecule is COc1cnc(-c2cccc(C)c2)nc1. The lowest BCUT2D eigenvalue weighted by molar-refractivity contribution is 0.411. The molecular formula is C12H12N2O. The molecule has 0 unspecified atom stereocenters. The van der Waals surface area contributed by atoms with Gasteiger partial charge in [0, 0.05) is 5.56 Å². The van der Waals surface area contributed by atoms with Crippen LogP contribution in [0.15, 0.2) is 36.7 Å². The average Bonchev–Trinajstić information content (AvgIpc) is 2.29. The summed E-state index contributed by atoms with van der Waals surface area (Å²) in [5.41, 5.74) is 2.23. The van der Waals surface area contributed by atoms with E-state index in [1.165, 1.54) is 5.56 Å². The fraction of sp³-hybridized carbons (Fsp3) is 0.167. The molecule has 0 saturated heterocycles. The van der Waals surface area contributed by atoms with Crippen molar-refractivity contribution in [2.24, 2.45) is 0 Å². The zero-order chi connectivity index (χ0) is 10.7. The second kappa shape index (κ2) is 4.09. The van der Waals surface area contributed by atoms with Crippen molar-refractivity contribution in [3.8, 4) is 17.1 Å². The normalized spacial score (nSPS) is 10.0. The molecule has 0 bridgehead atoms. The first-order valence-corrected chi connectivity index (χ1v) is 4.72. The van der Waals surface area contributed by atoms with E-state index in [0.717, 1.165) is 11.4 Å². The van der Waals surface area contributed by atoms with Crippen molar-refractivity contribution in [2.45, 2.75) is 6.92 Å². The van der Waals surface area contributed by atoms with E-state index in [0.29, 0.717) is 5.75 Å². The molecule has 0 aliphatic heterocycles. The summed E-state index contributed by atoms with van der Waals surface area (Å²) in [6.45, 7) is 2.05. The minimum atomic E-state index is 0.673. The second-order valence-electron chi connectivity index (χ2n) is 3.32. The smallest absolute Gasteiger partial charge is 0.159 e. The summed E-state index contributed by atoms with van der Waals surface area (Å²) in [7, 11) is 1.60. The van der Waals surface area contributed by atoms with Gasteiger partial charge < -0.3 is 4.74 Å². The minimum Gasteiger partial charge on any atom is -0.494 e. The monoisotopic (exact) mass is 200 g/mol. The van der Waals surface area contributed by atoms with E-state index in [1.54, 1.807) is 19.5 Å². The summed E-state index contributed by atoms with van der Waals surface area (Å²) in [4.78, 5) is 8.45. The van der Waals surface area contributed by atoms with Crippen molar-refractivity contribution in [1.82, 2.24) is 9.97 Å².